The van der Waals surface area contributed by atoms with Gasteiger partial charge in [-0.3, -0.25) is 4.57 Å². The van der Waals surface area contributed by atoms with Gasteiger partial charge in [0.2, 0.25) is 0 Å². The summed E-state index contributed by atoms with van der Waals surface area (Å²) < 4.78 is 33.5. The van der Waals surface area contributed by atoms with Crippen LogP contribution in [-0.4, -0.2) is 31.6 Å². The fraction of sp³-hybridized carbons (Fsp3) is 0.533. The topological polar surface area (TPSA) is 71.1 Å². The Balaban J connectivity index is 1.82. The summed E-state index contributed by atoms with van der Waals surface area (Å²) in [7, 11) is -3.46. The predicted molar refractivity (Wildman–Crippen MR) is 85.8 cm³/mol. The van der Waals surface area contributed by atoms with E-state index in [-0.39, 0.29) is 25.2 Å². The van der Waals surface area contributed by atoms with Crippen molar-refractivity contribution in [2.75, 3.05) is 19.8 Å². The molecule has 0 radical (unpaired) electrons. The first kappa shape index (κ1) is 18.3. The van der Waals surface area contributed by atoms with Gasteiger partial charge in [-0.2, -0.15) is 0 Å². The van der Waals surface area contributed by atoms with Gasteiger partial charge in [0.05, 0.1) is 13.2 Å². The van der Waals surface area contributed by atoms with Crippen molar-refractivity contribution in [2.45, 2.75) is 26.6 Å². The van der Waals surface area contributed by atoms with Crippen LogP contribution in [0, 0.1) is 5.41 Å². The lowest BCUT2D eigenvalue weighted by atomic mass is 9.97. The van der Waals surface area contributed by atoms with Crippen LogP contribution in [0.5, 0.6) is 5.75 Å². The number of ether oxygens (including phenoxy) is 2. The van der Waals surface area contributed by atoms with Gasteiger partial charge in [-0.15, -0.1) is 0 Å². The fourth-order valence-electron chi connectivity index (χ4n) is 1.78. The van der Waals surface area contributed by atoms with Crippen molar-refractivity contribution < 1.29 is 27.9 Å². The van der Waals surface area contributed by atoms with E-state index >= 15 is 0 Å². The number of halogens is 1. The monoisotopic (exact) mass is 362 g/mol. The van der Waals surface area contributed by atoms with Crippen molar-refractivity contribution in [2.24, 2.45) is 5.41 Å². The number of rotatable bonds is 5. The predicted octanol–water partition coefficient (Wildman–Crippen LogP) is 3.87. The number of carbonyl (C=O) groups is 1. The summed E-state index contributed by atoms with van der Waals surface area (Å²) in [5.41, 5.74) is -0.213. The molecule has 2 rings (SSSR count). The molecule has 1 aromatic carbocycles. The van der Waals surface area contributed by atoms with Gasteiger partial charge in [0.25, 0.3) is 0 Å². The minimum atomic E-state index is -3.46. The van der Waals surface area contributed by atoms with Crippen molar-refractivity contribution in [1.82, 2.24) is 0 Å². The molecule has 23 heavy (non-hydrogen) atoms. The largest absolute Gasteiger partial charge is 0.482 e. The van der Waals surface area contributed by atoms with Gasteiger partial charge < -0.3 is 18.5 Å². The molecule has 1 atom stereocenters. The van der Waals surface area contributed by atoms with Crippen LogP contribution in [0.3, 0.4) is 0 Å². The molecule has 128 valence electrons. The molecular formula is C15H20ClO6P. The lowest BCUT2D eigenvalue weighted by molar-refractivity contribution is -0.148. The fourth-order valence-corrected chi connectivity index (χ4v) is 3.71. The Morgan fingerprint density at radius 3 is 2.43 bits per heavy atom. The highest BCUT2D eigenvalue weighted by atomic mass is 35.5. The molecule has 1 unspecified atom stereocenters. The molecule has 6 nitrogen and oxygen atoms in total. The molecule has 0 amide bonds. The van der Waals surface area contributed by atoms with E-state index in [1.54, 1.807) is 24.3 Å². The average Bonchev–Trinajstić information content (AvgIpc) is 2.50. The van der Waals surface area contributed by atoms with Crippen molar-refractivity contribution in [1.29, 1.82) is 0 Å². The molecular weight excluding hydrogens is 343 g/mol. The second kappa shape index (κ2) is 7.22. The van der Waals surface area contributed by atoms with Gasteiger partial charge in [0, 0.05) is 10.4 Å². The van der Waals surface area contributed by atoms with E-state index in [0.717, 1.165) is 0 Å². The zero-order valence-corrected chi connectivity index (χ0v) is 14.9. The summed E-state index contributed by atoms with van der Waals surface area (Å²) in [5, 5.41) is 0.571. The highest BCUT2D eigenvalue weighted by molar-refractivity contribution is 7.54. The molecule has 1 aliphatic rings. The first-order valence-corrected chi connectivity index (χ1v) is 9.16. The molecule has 1 aromatic rings. The zero-order valence-electron chi connectivity index (χ0n) is 13.3. The van der Waals surface area contributed by atoms with E-state index in [0.29, 0.717) is 10.8 Å². The van der Waals surface area contributed by atoms with Crippen molar-refractivity contribution in [3.63, 3.8) is 0 Å². The second-order valence-electron chi connectivity index (χ2n) is 6.08. The van der Waals surface area contributed by atoms with Gasteiger partial charge in [-0.1, -0.05) is 25.4 Å². The first-order chi connectivity index (χ1) is 10.7. The Labute approximate surface area is 140 Å². The van der Waals surface area contributed by atoms with Crippen LogP contribution in [0.4, 0.5) is 0 Å². The standard InChI is InChI=1S/C15H20ClO6P/c1-11(23(18)20-9-15(2,3)10-21-23)22-14(17)8-19-13-6-4-12(16)5-7-13/h4-7,11H,8-10H2,1-3H3. The van der Waals surface area contributed by atoms with Crippen LogP contribution >= 0.6 is 19.2 Å². The maximum atomic E-state index is 12.5. The van der Waals surface area contributed by atoms with Gasteiger partial charge in [0.15, 0.2) is 12.5 Å². The molecule has 8 heteroatoms. The molecule has 0 saturated carbocycles. The number of hydrogen-bond donors (Lipinski definition) is 0. The summed E-state index contributed by atoms with van der Waals surface area (Å²) in [6.07, 6.45) is 0. The molecule has 1 heterocycles. The summed E-state index contributed by atoms with van der Waals surface area (Å²) in [6, 6.07) is 6.57. The maximum Gasteiger partial charge on any atom is 0.370 e. The highest BCUT2D eigenvalue weighted by Crippen LogP contribution is 2.57. The summed E-state index contributed by atoms with van der Waals surface area (Å²) in [4.78, 5) is 11.8. The zero-order chi connectivity index (χ0) is 17.1. The Kier molecular flexibility index (Phi) is 5.74. The Bertz CT molecular complexity index is 586. The van der Waals surface area contributed by atoms with E-state index in [1.807, 2.05) is 13.8 Å². The van der Waals surface area contributed by atoms with Gasteiger partial charge in [-0.05, 0) is 31.2 Å². The minimum Gasteiger partial charge on any atom is -0.482 e. The summed E-state index contributed by atoms with van der Waals surface area (Å²) in [5.74, 6) is -1.16. The van der Waals surface area contributed by atoms with E-state index in [2.05, 4.69) is 0 Å². The molecule has 0 N–H and O–H groups in total. The molecule has 1 fully saturated rings. The van der Waals surface area contributed by atoms with E-state index in [4.69, 9.17) is 30.1 Å². The Morgan fingerprint density at radius 1 is 1.30 bits per heavy atom. The SMILES string of the molecule is CC(OC(=O)COc1ccc(Cl)cc1)P1(=O)OCC(C)(C)CO1. The van der Waals surface area contributed by atoms with E-state index in [9.17, 15) is 9.36 Å². The number of carbonyl (C=O) groups excluding carboxylic acids is 1. The van der Waals surface area contributed by atoms with E-state index < -0.39 is 19.4 Å². The van der Waals surface area contributed by atoms with Gasteiger partial charge in [0.1, 0.15) is 5.75 Å². The quantitative estimate of drug-likeness (QED) is 0.585. The number of esters is 1. The lowest BCUT2D eigenvalue weighted by Crippen LogP contribution is -2.33. The van der Waals surface area contributed by atoms with Crippen LogP contribution in [-0.2, 0) is 23.1 Å². The Hall–Kier alpha value is -1.07. The molecule has 0 bridgehead atoms. The lowest BCUT2D eigenvalue weighted by Gasteiger charge is -2.35. The maximum absolute atomic E-state index is 12.5. The van der Waals surface area contributed by atoms with Crippen molar-refractivity contribution in [3.8, 4) is 5.75 Å². The summed E-state index contributed by atoms with van der Waals surface area (Å²) in [6.45, 7) is 5.62. The highest BCUT2D eigenvalue weighted by Gasteiger charge is 2.42. The molecule has 0 aromatic heterocycles. The normalized spacial score (nSPS) is 20.5. The van der Waals surface area contributed by atoms with Crippen LogP contribution in [0.2, 0.25) is 5.02 Å². The number of hydrogen-bond acceptors (Lipinski definition) is 6. The van der Waals surface area contributed by atoms with Gasteiger partial charge >= 0.3 is 13.6 Å². The van der Waals surface area contributed by atoms with Crippen LogP contribution < -0.4 is 4.74 Å². The average molecular weight is 363 g/mol. The minimum absolute atomic E-state index is 0.213. The third-order valence-electron chi connectivity index (χ3n) is 3.19. The molecule has 0 spiro atoms. The van der Waals surface area contributed by atoms with Crippen molar-refractivity contribution >= 4 is 25.2 Å². The summed E-state index contributed by atoms with van der Waals surface area (Å²) >= 11 is 5.76. The second-order valence-corrected chi connectivity index (χ2v) is 8.84. The molecule has 1 saturated heterocycles. The smallest absolute Gasteiger partial charge is 0.370 e. The van der Waals surface area contributed by atoms with E-state index in [1.165, 1.54) is 6.92 Å². The Morgan fingerprint density at radius 2 is 1.87 bits per heavy atom. The van der Waals surface area contributed by atoms with Crippen LogP contribution in [0.15, 0.2) is 24.3 Å². The third-order valence-corrected chi connectivity index (χ3v) is 5.41. The van der Waals surface area contributed by atoms with Crippen LogP contribution in [0.25, 0.3) is 0 Å². The van der Waals surface area contributed by atoms with Crippen molar-refractivity contribution in [3.05, 3.63) is 29.3 Å². The van der Waals surface area contributed by atoms with Gasteiger partial charge in [-0.25, -0.2) is 4.79 Å². The number of benzene rings is 1. The molecule has 1 aliphatic heterocycles. The van der Waals surface area contributed by atoms with Crippen LogP contribution in [0.1, 0.15) is 20.8 Å². The molecule has 0 aliphatic carbocycles. The third kappa shape index (κ3) is 5.21. The first-order valence-electron chi connectivity index (χ1n) is 7.17.